The molecule has 1 amide bonds. The molecule has 0 aliphatic rings. The van der Waals surface area contributed by atoms with Gasteiger partial charge in [0.05, 0.1) is 28.8 Å². The summed E-state index contributed by atoms with van der Waals surface area (Å²) in [5.41, 5.74) is 1.13. The Balaban J connectivity index is 2.14. The third-order valence-corrected chi connectivity index (χ3v) is 5.97. The van der Waals surface area contributed by atoms with Crippen LogP contribution in [0.1, 0.15) is 10.4 Å². The summed E-state index contributed by atoms with van der Waals surface area (Å²) in [7, 11) is -0.729. The van der Waals surface area contributed by atoms with Crippen molar-refractivity contribution in [3.8, 4) is 5.75 Å². The van der Waals surface area contributed by atoms with Crippen molar-refractivity contribution in [3.63, 3.8) is 0 Å². The molecule has 0 aliphatic heterocycles. The standard InChI is InChI=1S/C18H19N3O5S2/c1-25-9-8-21-15-7-6-14(28(19,23)24)11-16(15)27-18(21)20-17(22)12-4-3-5-13(10-12)26-2/h3-7,10-11H,8-9H2,1-2H3,(H2,19,23,24). The van der Waals surface area contributed by atoms with Crippen LogP contribution in [0.25, 0.3) is 10.2 Å². The number of methoxy groups -OCH3 is 2. The van der Waals surface area contributed by atoms with Gasteiger partial charge in [0.2, 0.25) is 10.0 Å². The topological polar surface area (TPSA) is 113 Å². The number of nitrogens with zero attached hydrogens (tertiary/aromatic N) is 2. The second kappa shape index (κ2) is 8.23. The first-order valence-electron chi connectivity index (χ1n) is 8.21. The van der Waals surface area contributed by atoms with E-state index in [1.54, 1.807) is 37.4 Å². The number of fused-ring (bicyclic) bond motifs is 1. The van der Waals surface area contributed by atoms with Crippen LogP contribution in [-0.4, -0.2) is 39.7 Å². The van der Waals surface area contributed by atoms with Gasteiger partial charge in [0.1, 0.15) is 5.75 Å². The second-order valence-corrected chi connectivity index (χ2v) is 8.42. The Morgan fingerprint density at radius 2 is 2.00 bits per heavy atom. The molecule has 0 unspecified atom stereocenters. The van der Waals surface area contributed by atoms with Gasteiger partial charge in [-0.15, -0.1) is 0 Å². The fraction of sp³-hybridized carbons (Fsp3) is 0.222. The Labute approximate surface area is 165 Å². The highest BCUT2D eigenvalue weighted by Crippen LogP contribution is 2.21. The number of ether oxygens (including phenoxy) is 2. The fourth-order valence-electron chi connectivity index (χ4n) is 2.62. The first-order valence-corrected chi connectivity index (χ1v) is 10.6. The molecule has 148 valence electrons. The Morgan fingerprint density at radius 1 is 1.21 bits per heavy atom. The third kappa shape index (κ3) is 4.30. The van der Waals surface area contributed by atoms with Gasteiger partial charge in [-0.05, 0) is 36.4 Å². The molecule has 3 aromatic rings. The average Bonchev–Trinajstić information content (AvgIpc) is 3.01. The van der Waals surface area contributed by atoms with E-state index in [1.165, 1.54) is 30.6 Å². The van der Waals surface area contributed by atoms with Gasteiger partial charge in [-0.3, -0.25) is 4.79 Å². The van der Waals surface area contributed by atoms with Gasteiger partial charge in [0.15, 0.2) is 4.80 Å². The van der Waals surface area contributed by atoms with Crippen molar-refractivity contribution >= 4 is 37.5 Å². The van der Waals surface area contributed by atoms with Crippen LogP contribution in [0.2, 0.25) is 0 Å². The number of amides is 1. The van der Waals surface area contributed by atoms with Crippen molar-refractivity contribution in [2.24, 2.45) is 10.1 Å². The molecule has 0 saturated carbocycles. The van der Waals surface area contributed by atoms with Crippen molar-refractivity contribution in [1.82, 2.24) is 4.57 Å². The van der Waals surface area contributed by atoms with E-state index in [9.17, 15) is 13.2 Å². The van der Waals surface area contributed by atoms with E-state index in [-0.39, 0.29) is 4.90 Å². The largest absolute Gasteiger partial charge is 0.497 e. The Bertz CT molecular complexity index is 1200. The lowest BCUT2D eigenvalue weighted by molar-refractivity contribution is 0.0997. The number of thiazole rings is 1. The van der Waals surface area contributed by atoms with Gasteiger partial charge < -0.3 is 14.0 Å². The molecule has 1 heterocycles. The molecule has 0 spiro atoms. The molecule has 0 atom stereocenters. The zero-order valence-electron chi connectivity index (χ0n) is 15.3. The highest BCUT2D eigenvalue weighted by atomic mass is 32.2. The molecule has 0 bridgehead atoms. The number of rotatable bonds is 6. The number of hydrogen-bond acceptors (Lipinski definition) is 6. The van der Waals surface area contributed by atoms with Crippen molar-refractivity contribution < 1.29 is 22.7 Å². The van der Waals surface area contributed by atoms with Gasteiger partial charge in [-0.1, -0.05) is 17.4 Å². The molecule has 2 N–H and O–H groups in total. The summed E-state index contributed by atoms with van der Waals surface area (Å²) in [5.74, 6) is 0.130. The number of sulfonamides is 1. The van der Waals surface area contributed by atoms with Crippen LogP contribution in [0.4, 0.5) is 0 Å². The molecule has 0 fully saturated rings. The molecule has 0 radical (unpaired) electrons. The summed E-state index contributed by atoms with van der Waals surface area (Å²) in [6, 6.07) is 11.3. The normalized spacial score (nSPS) is 12.5. The van der Waals surface area contributed by atoms with Gasteiger partial charge in [0.25, 0.3) is 5.91 Å². The molecular weight excluding hydrogens is 402 g/mol. The van der Waals surface area contributed by atoms with Crippen LogP contribution >= 0.6 is 11.3 Å². The molecule has 1 aromatic heterocycles. The minimum atomic E-state index is -3.83. The zero-order valence-corrected chi connectivity index (χ0v) is 16.9. The Morgan fingerprint density at radius 3 is 2.68 bits per heavy atom. The zero-order chi connectivity index (χ0) is 20.3. The summed E-state index contributed by atoms with van der Waals surface area (Å²) < 4.78 is 36.0. The predicted octanol–water partition coefficient (Wildman–Crippen LogP) is 1.75. The average molecular weight is 422 g/mol. The van der Waals surface area contributed by atoms with Crippen LogP contribution < -0.4 is 14.7 Å². The summed E-state index contributed by atoms with van der Waals surface area (Å²) in [6.45, 7) is 0.860. The minimum Gasteiger partial charge on any atom is -0.497 e. The lowest BCUT2D eigenvalue weighted by Crippen LogP contribution is -2.19. The molecule has 2 aromatic carbocycles. The highest BCUT2D eigenvalue weighted by Gasteiger charge is 2.14. The number of primary sulfonamides is 1. The highest BCUT2D eigenvalue weighted by molar-refractivity contribution is 7.89. The summed E-state index contributed by atoms with van der Waals surface area (Å²) >= 11 is 1.21. The lowest BCUT2D eigenvalue weighted by atomic mass is 10.2. The number of benzene rings is 2. The van der Waals surface area contributed by atoms with Crippen molar-refractivity contribution in [2.45, 2.75) is 11.4 Å². The van der Waals surface area contributed by atoms with Crippen LogP contribution in [-0.2, 0) is 21.3 Å². The van der Waals surface area contributed by atoms with E-state index in [1.807, 2.05) is 4.57 Å². The molecule has 28 heavy (non-hydrogen) atoms. The van der Waals surface area contributed by atoms with Gasteiger partial charge >= 0.3 is 0 Å². The number of aromatic nitrogens is 1. The first kappa shape index (κ1) is 20.2. The van der Waals surface area contributed by atoms with E-state index >= 15 is 0 Å². The van der Waals surface area contributed by atoms with E-state index in [0.717, 1.165) is 5.52 Å². The first-order chi connectivity index (χ1) is 13.3. The molecular formula is C18H19N3O5S2. The summed E-state index contributed by atoms with van der Waals surface area (Å²) in [6.07, 6.45) is 0. The van der Waals surface area contributed by atoms with Crippen LogP contribution in [0.15, 0.2) is 52.4 Å². The van der Waals surface area contributed by atoms with E-state index in [4.69, 9.17) is 14.6 Å². The quantitative estimate of drug-likeness (QED) is 0.651. The van der Waals surface area contributed by atoms with E-state index in [2.05, 4.69) is 4.99 Å². The molecule has 8 nitrogen and oxygen atoms in total. The Hall–Kier alpha value is -2.53. The Kier molecular flexibility index (Phi) is 5.94. The smallest absolute Gasteiger partial charge is 0.279 e. The van der Waals surface area contributed by atoms with Gasteiger partial charge in [0, 0.05) is 19.2 Å². The van der Waals surface area contributed by atoms with Crippen LogP contribution in [0, 0.1) is 0 Å². The molecule has 0 saturated heterocycles. The van der Waals surface area contributed by atoms with Crippen LogP contribution in [0.5, 0.6) is 5.75 Å². The fourth-order valence-corrected chi connectivity index (χ4v) is 4.33. The summed E-state index contributed by atoms with van der Waals surface area (Å²) in [5, 5.41) is 5.22. The van der Waals surface area contributed by atoms with Crippen molar-refractivity contribution in [1.29, 1.82) is 0 Å². The minimum absolute atomic E-state index is 0.00538. The van der Waals surface area contributed by atoms with E-state index < -0.39 is 15.9 Å². The molecule has 3 rings (SSSR count). The SMILES string of the molecule is COCCn1c(=NC(=O)c2cccc(OC)c2)sc2cc(S(N)(=O)=O)ccc21. The molecule has 0 aliphatic carbocycles. The maximum Gasteiger partial charge on any atom is 0.279 e. The summed E-state index contributed by atoms with van der Waals surface area (Å²) in [4.78, 5) is 17.3. The van der Waals surface area contributed by atoms with Gasteiger partial charge in [-0.25, -0.2) is 13.6 Å². The number of hydrogen-bond donors (Lipinski definition) is 1. The maximum absolute atomic E-state index is 12.6. The van der Waals surface area contributed by atoms with E-state index in [0.29, 0.717) is 34.0 Å². The second-order valence-electron chi connectivity index (χ2n) is 5.85. The number of carbonyl (C=O) groups is 1. The van der Waals surface area contributed by atoms with Crippen molar-refractivity contribution in [2.75, 3.05) is 20.8 Å². The monoisotopic (exact) mass is 421 g/mol. The van der Waals surface area contributed by atoms with Crippen molar-refractivity contribution in [3.05, 3.63) is 52.8 Å². The lowest BCUT2D eigenvalue weighted by Gasteiger charge is -2.05. The number of nitrogens with two attached hydrogens (primary N) is 1. The number of carbonyl (C=O) groups excluding carboxylic acids is 1. The molecule has 10 heteroatoms. The third-order valence-electron chi connectivity index (χ3n) is 4.02. The van der Waals surface area contributed by atoms with Crippen LogP contribution in [0.3, 0.4) is 0 Å². The predicted molar refractivity (Wildman–Crippen MR) is 106 cm³/mol. The van der Waals surface area contributed by atoms with Gasteiger partial charge in [-0.2, -0.15) is 4.99 Å². The maximum atomic E-state index is 12.6.